The predicted octanol–water partition coefficient (Wildman–Crippen LogP) is 2.55. The third-order valence-corrected chi connectivity index (χ3v) is 3.80. The van der Waals surface area contributed by atoms with Gasteiger partial charge >= 0.3 is 0 Å². The Hall–Kier alpha value is -3.02. The Morgan fingerprint density at radius 2 is 1.72 bits per heavy atom. The van der Waals surface area contributed by atoms with Gasteiger partial charge in [0.1, 0.15) is 0 Å². The largest absolute Gasteiger partial charge is 0.493 e. The fraction of sp³-hybridized carbons (Fsp3) is 0.263. The van der Waals surface area contributed by atoms with Gasteiger partial charge < -0.3 is 20.1 Å². The average molecular weight is 342 g/mol. The lowest BCUT2D eigenvalue weighted by Crippen LogP contribution is -2.19. The van der Waals surface area contributed by atoms with Gasteiger partial charge in [-0.2, -0.15) is 0 Å². The van der Waals surface area contributed by atoms with Crippen molar-refractivity contribution in [1.82, 2.24) is 5.32 Å². The van der Waals surface area contributed by atoms with Gasteiger partial charge in [0.15, 0.2) is 11.5 Å². The molecule has 0 aliphatic heterocycles. The van der Waals surface area contributed by atoms with Crippen molar-refractivity contribution in [3.63, 3.8) is 0 Å². The van der Waals surface area contributed by atoms with Crippen LogP contribution in [0.5, 0.6) is 11.5 Å². The molecule has 0 unspecified atom stereocenters. The van der Waals surface area contributed by atoms with Gasteiger partial charge in [-0.1, -0.05) is 6.07 Å². The van der Waals surface area contributed by atoms with Crippen molar-refractivity contribution in [2.24, 2.45) is 0 Å². The van der Waals surface area contributed by atoms with Crippen molar-refractivity contribution in [3.8, 4) is 11.5 Å². The number of anilines is 1. The molecule has 25 heavy (non-hydrogen) atoms. The summed E-state index contributed by atoms with van der Waals surface area (Å²) in [7, 11) is 4.70. The fourth-order valence-electron chi connectivity index (χ4n) is 2.46. The summed E-state index contributed by atoms with van der Waals surface area (Å²) in [5.74, 6) is 0.889. The molecule has 0 spiro atoms. The van der Waals surface area contributed by atoms with E-state index in [2.05, 4.69) is 10.6 Å². The Bertz CT molecular complexity index is 787. The lowest BCUT2D eigenvalue weighted by atomic mass is 10.1. The quantitative estimate of drug-likeness (QED) is 0.846. The van der Waals surface area contributed by atoms with Crippen LogP contribution in [0.3, 0.4) is 0 Å². The van der Waals surface area contributed by atoms with Crippen molar-refractivity contribution in [1.29, 1.82) is 0 Å². The second kappa shape index (κ2) is 8.19. The summed E-state index contributed by atoms with van der Waals surface area (Å²) in [6.07, 6.45) is 0.205. The molecule has 0 heterocycles. The Morgan fingerprint density at radius 1 is 1.00 bits per heavy atom. The van der Waals surface area contributed by atoms with Crippen LogP contribution in [0.4, 0.5) is 5.69 Å². The molecule has 0 saturated heterocycles. The number of benzene rings is 2. The van der Waals surface area contributed by atoms with Gasteiger partial charge in [-0.3, -0.25) is 9.59 Å². The molecular formula is C19H22N2O4. The first-order valence-corrected chi connectivity index (χ1v) is 7.82. The molecule has 0 atom stereocenters. The lowest BCUT2D eigenvalue weighted by molar-refractivity contribution is -0.115. The lowest BCUT2D eigenvalue weighted by Gasteiger charge is -2.11. The molecule has 0 fully saturated rings. The topological polar surface area (TPSA) is 76.7 Å². The minimum atomic E-state index is -0.161. The molecule has 0 bridgehead atoms. The van der Waals surface area contributed by atoms with Crippen LogP contribution in [0.2, 0.25) is 0 Å². The van der Waals surface area contributed by atoms with E-state index in [0.29, 0.717) is 22.7 Å². The second-order valence-electron chi connectivity index (χ2n) is 5.52. The van der Waals surface area contributed by atoms with Gasteiger partial charge in [-0.05, 0) is 48.4 Å². The molecule has 6 heteroatoms. The minimum absolute atomic E-state index is 0.150. The molecule has 0 saturated carbocycles. The molecular weight excluding hydrogens is 320 g/mol. The maximum absolute atomic E-state index is 12.3. The van der Waals surface area contributed by atoms with Crippen LogP contribution in [-0.4, -0.2) is 33.1 Å². The van der Waals surface area contributed by atoms with E-state index in [1.165, 1.54) is 0 Å². The van der Waals surface area contributed by atoms with E-state index in [1.54, 1.807) is 51.6 Å². The standard InChI is InChI=1S/C19H22N2O4/c1-12-9-14(19(23)20-2)6-7-15(12)21-18(22)11-13-5-8-16(24-3)17(10-13)25-4/h5-10H,11H2,1-4H3,(H,20,23)(H,21,22). The number of hydrogen-bond acceptors (Lipinski definition) is 4. The Labute approximate surface area is 147 Å². The van der Waals surface area contributed by atoms with Crippen molar-refractivity contribution >= 4 is 17.5 Å². The average Bonchev–Trinajstić information content (AvgIpc) is 2.62. The third-order valence-electron chi connectivity index (χ3n) is 3.80. The molecule has 0 radical (unpaired) electrons. The summed E-state index contributed by atoms with van der Waals surface area (Å²) < 4.78 is 10.4. The zero-order valence-corrected chi connectivity index (χ0v) is 14.8. The van der Waals surface area contributed by atoms with Crippen molar-refractivity contribution < 1.29 is 19.1 Å². The van der Waals surface area contributed by atoms with Crippen LogP contribution in [-0.2, 0) is 11.2 Å². The summed E-state index contributed by atoms with van der Waals surface area (Å²) >= 11 is 0. The summed E-state index contributed by atoms with van der Waals surface area (Å²) in [6.45, 7) is 1.85. The van der Waals surface area contributed by atoms with E-state index in [-0.39, 0.29) is 18.2 Å². The molecule has 2 N–H and O–H groups in total. The molecule has 2 amide bonds. The van der Waals surface area contributed by atoms with Crippen LogP contribution in [0.15, 0.2) is 36.4 Å². The zero-order valence-electron chi connectivity index (χ0n) is 14.8. The zero-order chi connectivity index (χ0) is 18.4. The maximum Gasteiger partial charge on any atom is 0.251 e. The van der Waals surface area contributed by atoms with Crippen molar-refractivity contribution in [2.75, 3.05) is 26.6 Å². The number of aryl methyl sites for hydroxylation is 1. The number of hydrogen-bond donors (Lipinski definition) is 2. The fourth-order valence-corrected chi connectivity index (χ4v) is 2.46. The van der Waals surface area contributed by atoms with Crippen LogP contribution in [0, 0.1) is 6.92 Å². The summed E-state index contributed by atoms with van der Waals surface area (Å²) in [6, 6.07) is 10.5. The van der Waals surface area contributed by atoms with E-state index < -0.39 is 0 Å². The normalized spacial score (nSPS) is 10.1. The first-order valence-electron chi connectivity index (χ1n) is 7.82. The van der Waals surface area contributed by atoms with Crippen LogP contribution in [0.25, 0.3) is 0 Å². The minimum Gasteiger partial charge on any atom is -0.493 e. The van der Waals surface area contributed by atoms with E-state index in [1.807, 2.05) is 13.0 Å². The number of rotatable bonds is 6. The highest BCUT2D eigenvalue weighted by atomic mass is 16.5. The van der Waals surface area contributed by atoms with Gasteiger partial charge in [-0.15, -0.1) is 0 Å². The van der Waals surface area contributed by atoms with Crippen LogP contribution in [0.1, 0.15) is 21.5 Å². The summed E-state index contributed by atoms with van der Waals surface area (Å²) in [5.41, 5.74) is 2.87. The number of nitrogens with one attached hydrogen (secondary N) is 2. The number of carbonyl (C=O) groups excluding carboxylic acids is 2. The van der Waals surface area contributed by atoms with Crippen LogP contribution < -0.4 is 20.1 Å². The van der Waals surface area contributed by atoms with E-state index in [0.717, 1.165) is 11.1 Å². The predicted molar refractivity (Wildman–Crippen MR) is 96.4 cm³/mol. The van der Waals surface area contributed by atoms with Gasteiger partial charge in [0.05, 0.1) is 20.6 Å². The molecule has 2 aromatic carbocycles. The Balaban J connectivity index is 2.09. The molecule has 2 rings (SSSR count). The number of amides is 2. The summed E-state index contributed by atoms with van der Waals surface area (Å²) in [4.78, 5) is 23.9. The Kier molecular flexibility index (Phi) is 6.00. The monoisotopic (exact) mass is 342 g/mol. The third kappa shape index (κ3) is 4.50. The van der Waals surface area contributed by atoms with Crippen LogP contribution >= 0.6 is 0 Å². The highest BCUT2D eigenvalue weighted by Crippen LogP contribution is 2.28. The smallest absolute Gasteiger partial charge is 0.251 e. The van der Waals surface area contributed by atoms with Gasteiger partial charge in [-0.25, -0.2) is 0 Å². The molecule has 2 aromatic rings. The van der Waals surface area contributed by atoms with Crippen molar-refractivity contribution in [2.45, 2.75) is 13.3 Å². The summed E-state index contributed by atoms with van der Waals surface area (Å²) in [5, 5.41) is 5.44. The highest BCUT2D eigenvalue weighted by molar-refractivity contribution is 5.96. The SMILES string of the molecule is CNC(=O)c1ccc(NC(=O)Cc2ccc(OC)c(OC)c2)c(C)c1. The number of ether oxygens (including phenoxy) is 2. The van der Waals surface area contributed by atoms with Gasteiger partial charge in [0, 0.05) is 18.3 Å². The maximum atomic E-state index is 12.3. The first-order chi connectivity index (χ1) is 12.0. The second-order valence-corrected chi connectivity index (χ2v) is 5.52. The van der Waals surface area contributed by atoms with E-state index in [4.69, 9.17) is 9.47 Å². The van der Waals surface area contributed by atoms with E-state index in [9.17, 15) is 9.59 Å². The first kappa shape index (κ1) is 18.3. The molecule has 0 aromatic heterocycles. The van der Waals surface area contributed by atoms with E-state index >= 15 is 0 Å². The molecule has 132 valence electrons. The molecule has 6 nitrogen and oxygen atoms in total. The molecule has 0 aliphatic carbocycles. The number of methoxy groups -OCH3 is 2. The molecule has 0 aliphatic rings. The van der Waals surface area contributed by atoms with Gasteiger partial charge in [0.2, 0.25) is 5.91 Å². The van der Waals surface area contributed by atoms with Gasteiger partial charge in [0.25, 0.3) is 5.91 Å². The Morgan fingerprint density at radius 3 is 2.32 bits per heavy atom. The highest BCUT2D eigenvalue weighted by Gasteiger charge is 2.11. The number of carbonyl (C=O) groups is 2. The van der Waals surface area contributed by atoms with Crippen molar-refractivity contribution in [3.05, 3.63) is 53.1 Å².